The maximum absolute atomic E-state index is 9.73. The Morgan fingerprint density at radius 1 is 1.13 bits per heavy atom. The predicted molar refractivity (Wildman–Crippen MR) is 65.5 cm³/mol. The topological polar surface area (TPSA) is 20.2 Å². The summed E-state index contributed by atoms with van der Waals surface area (Å²) in [6.07, 6.45) is 2.33. The predicted octanol–water partition coefficient (Wildman–Crippen LogP) is 4.42. The van der Waals surface area contributed by atoms with E-state index in [1.165, 1.54) is 18.4 Å². The SMILES string of the molecule is CCC(CC)c1ccc(O)c(C(C)C)c1. The fourth-order valence-electron chi connectivity index (χ4n) is 2.05. The molecule has 1 heteroatoms. The molecule has 0 aliphatic heterocycles. The van der Waals surface area contributed by atoms with Gasteiger partial charge in [-0.25, -0.2) is 0 Å². The number of rotatable bonds is 4. The lowest BCUT2D eigenvalue weighted by molar-refractivity contribution is 0.464. The zero-order chi connectivity index (χ0) is 11.4. The summed E-state index contributed by atoms with van der Waals surface area (Å²) in [6.45, 7) is 8.67. The molecule has 0 unspecified atom stereocenters. The average molecular weight is 206 g/mol. The molecule has 0 aromatic heterocycles. The molecule has 0 spiro atoms. The lowest BCUT2D eigenvalue weighted by atomic mass is 9.90. The second-order valence-electron chi connectivity index (χ2n) is 4.49. The molecule has 0 fully saturated rings. The monoisotopic (exact) mass is 206 g/mol. The first-order valence-corrected chi connectivity index (χ1v) is 5.92. The second kappa shape index (κ2) is 5.20. The summed E-state index contributed by atoms with van der Waals surface area (Å²) in [4.78, 5) is 0. The van der Waals surface area contributed by atoms with Gasteiger partial charge in [0, 0.05) is 0 Å². The summed E-state index contributed by atoms with van der Waals surface area (Å²) >= 11 is 0. The summed E-state index contributed by atoms with van der Waals surface area (Å²) in [5, 5.41) is 9.73. The summed E-state index contributed by atoms with van der Waals surface area (Å²) in [5.74, 6) is 1.45. The molecule has 1 aromatic rings. The van der Waals surface area contributed by atoms with Crippen LogP contribution >= 0.6 is 0 Å². The van der Waals surface area contributed by atoms with Crippen molar-refractivity contribution in [1.29, 1.82) is 0 Å². The third-order valence-electron chi connectivity index (χ3n) is 3.13. The highest BCUT2D eigenvalue weighted by atomic mass is 16.3. The van der Waals surface area contributed by atoms with Crippen molar-refractivity contribution >= 4 is 0 Å². The van der Waals surface area contributed by atoms with Crippen molar-refractivity contribution in [3.05, 3.63) is 29.3 Å². The summed E-state index contributed by atoms with van der Waals surface area (Å²) in [5.41, 5.74) is 2.43. The Labute approximate surface area is 93.1 Å². The van der Waals surface area contributed by atoms with Crippen LogP contribution < -0.4 is 0 Å². The van der Waals surface area contributed by atoms with Gasteiger partial charge in [0.1, 0.15) is 5.75 Å². The third kappa shape index (κ3) is 2.74. The molecule has 0 heterocycles. The molecule has 0 amide bonds. The fourth-order valence-corrected chi connectivity index (χ4v) is 2.05. The van der Waals surface area contributed by atoms with E-state index in [9.17, 15) is 5.11 Å². The molecule has 0 aliphatic rings. The minimum atomic E-state index is 0.388. The van der Waals surface area contributed by atoms with E-state index in [4.69, 9.17) is 0 Å². The molecule has 1 rings (SSSR count). The maximum Gasteiger partial charge on any atom is 0.119 e. The number of aromatic hydroxyl groups is 1. The van der Waals surface area contributed by atoms with Crippen molar-refractivity contribution in [3.8, 4) is 5.75 Å². The van der Waals surface area contributed by atoms with E-state index in [2.05, 4.69) is 39.8 Å². The van der Waals surface area contributed by atoms with E-state index < -0.39 is 0 Å². The van der Waals surface area contributed by atoms with Gasteiger partial charge >= 0.3 is 0 Å². The molecule has 0 aliphatic carbocycles. The smallest absolute Gasteiger partial charge is 0.119 e. The van der Waals surface area contributed by atoms with Crippen LogP contribution in [0.1, 0.15) is 63.5 Å². The minimum Gasteiger partial charge on any atom is -0.508 e. The van der Waals surface area contributed by atoms with Crippen LogP contribution in [0.15, 0.2) is 18.2 Å². The first-order chi connectivity index (χ1) is 7.10. The largest absolute Gasteiger partial charge is 0.508 e. The molecule has 15 heavy (non-hydrogen) atoms. The van der Waals surface area contributed by atoms with Gasteiger partial charge < -0.3 is 5.11 Å². The van der Waals surface area contributed by atoms with Crippen LogP contribution in [-0.4, -0.2) is 5.11 Å². The van der Waals surface area contributed by atoms with E-state index in [-0.39, 0.29) is 0 Å². The normalized spacial score (nSPS) is 11.3. The molecular weight excluding hydrogens is 184 g/mol. The first-order valence-electron chi connectivity index (χ1n) is 5.92. The van der Waals surface area contributed by atoms with Crippen molar-refractivity contribution in [2.45, 2.75) is 52.4 Å². The number of hydrogen-bond donors (Lipinski definition) is 1. The van der Waals surface area contributed by atoms with Crippen molar-refractivity contribution in [1.82, 2.24) is 0 Å². The average Bonchev–Trinajstić information content (AvgIpc) is 2.21. The number of hydrogen-bond acceptors (Lipinski definition) is 1. The summed E-state index contributed by atoms with van der Waals surface area (Å²) < 4.78 is 0. The molecule has 0 saturated carbocycles. The zero-order valence-corrected chi connectivity index (χ0v) is 10.2. The fraction of sp³-hybridized carbons (Fsp3) is 0.571. The van der Waals surface area contributed by atoms with Crippen LogP contribution in [0.25, 0.3) is 0 Å². The lowest BCUT2D eigenvalue weighted by Gasteiger charge is -2.16. The van der Waals surface area contributed by atoms with Gasteiger partial charge in [-0.2, -0.15) is 0 Å². The Hall–Kier alpha value is -0.980. The van der Waals surface area contributed by atoms with Gasteiger partial charge in [0.2, 0.25) is 0 Å². The molecule has 84 valence electrons. The summed E-state index contributed by atoms with van der Waals surface area (Å²) in [6, 6.07) is 6.06. The number of benzene rings is 1. The molecule has 0 radical (unpaired) electrons. The molecule has 0 atom stereocenters. The Morgan fingerprint density at radius 2 is 1.73 bits per heavy atom. The van der Waals surface area contributed by atoms with Crippen LogP contribution in [0.4, 0.5) is 0 Å². The molecule has 0 bridgehead atoms. The van der Waals surface area contributed by atoms with Crippen molar-refractivity contribution in [2.24, 2.45) is 0 Å². The van der Waals surface area contributed by atoms with Gasteiger partial charge in [-0.15, -0.1) is 0 Å². The van der Waals surface area contributed by atoms with E-state index in [1.54, 1.807) is 0 Å². The highest BCUT2D eigenvalue weighted by Crippen LogP contribution is 2.31. The van der Waals surface area contributed by atoms with Crippen LogP contribution in [-0.2, 0) is 0 Å². The molecule has 1 N–H and O–H groups in total. The summed E-state index contributed by atoms with van der Waals surface area (Å²) in [7, 11) is 0. The van der Waals surface area contributed by atoms with Crippen molar-refractivity contribution < 1.29 is 5.11 Å². The van der Waals surface area contributed by atoms with E-state index in [0.29, 0.717) is 17.6 Å². The van der Waals surface area contributed by atoms with Crippen LogP contribution in [0.2, 0.25) is 0 Å². The Balaban J connectivity index is 3.06. The van der Waals surface area contributed by atoms with Crippen LogP contribution in [0, 0.1) is 0 Å². The van der Waals surface area contributed by atoms with E-state index in [1.807, 2.05) is 6.07 Å². The molecule has 0 saturated heterocycles. The lowest BCUT2D eigenvalue weighted by Crippen LogP contribution is -1.98. The number of phenolic OH excluding ortho intramolecular Hbond substituents is 1. The maximum atomic E-state index is 9.73. The first kappa shape index (κ1) is 12.1. The highest BCUT2D eigenvalue weighted by molar-refractivity contribution is 5.39. The Kier molecular flexibility index (Phi) is 4.19. The third-order valence-corrected chi connectivity index (χ3v) is 3.13. The standard InChI is InChI=1S/C14H22O/c1-5-11(6-2)12-7-8-14(15)13(9-12)10(3)4/h7-11,15H,5-6H2,1-4H3. The quantitative estimate of drug-likeness (QED) is 0.773. The van der Waals surface area contributed by atoms with Crippen LogP contribution in [0.3, 0.4) is 0 Å². The van der Waals surface area contributed by atoms with Crippen LogP contribution in [0.5, 0.6) is 5.75 Å². The second-order valence-corrected chi connectivity index (χ2v) is 4.49. The highest BCUT2D eigenvalue weighted by Gasteiger charge is 2.11. The van der Waals surface area contributed by atoms with Gasteiger partial charge in [0.05, 0.1) is 0 Å². The van der Waals surface area contributed by atoms with Crippen molar-refractivity contribution in [3.63, 3.8) is 0 Å². The Bertz CT molecular complexity index is 311. The van der Waals surface area contributed by atoms with Gasteiger partial charge in [-0.1, -0.05) is 39.8 Å². The minimum absolute atomic E-state index is 0.388. The van der Waals surface area contributed by atoms with Gasteiger partial charge in [0.15, 0.2) is 0 Å². The molecular formula is C14H22O. The van der Waals surface area contributed by atoms with Gasteiger partial charge in [0.25, 0.3) is 0 Å². The van der Waals surface area contributed by atoms with E-state index >= 15 is 0 Å². The Morgan fingerprint density at radius 3 is 2.20 bits per heavy atom. The van der Waals surface area contributed by atoms with Crippen molar-refractivity contribution in [2.75, 3.05) is 0 Å². The van der Waals surface area contributed by atoms with Gasteiger partial charge in [-0.05, 0) is 41.9 Å². The molecule has 1 aromatic carbocycles. The van der Waals surface area contributed by atoms with Gasteiger partial charge in [-0.3, -0.25) is 0 Å². The van der Waals surface area contributed by atoms with E-state index in [0.717, 1.165) is 5.56 Å². The number of phenols is 1. The molecule has 1 nitrogen and oxygen atoms in total. The zero-order valence-electron chi connectivity index (χ0n) is 10.2.